The number of benzene rings is 2. The van der Waals surface area contributed by atoms with Gasteiger partial charge in [0.1, 0.15) is 32.7 Å². The number of nitrogens with one attached hydrogen (secondary N) is 3. The van der Waals surface area contributed by atoms with Crippen LogP contribution in [0.3, 0.4) is 0 Å². The minimum atomic E-state index is 0.154. The largest absolute Gasteiger partial charge is 0.347 e. The van der Waals surface area contributed by atoms with Crippen LogP contribution in [0, 0.1) is 6.92 Å². The quantitative estimate of drug-likeness (QED) is 0.658. The predicted molar refractivity (Wildman–Crippen MR) is 99.4 cm³/mol. The molecule has 0 unspecified atom stereocenters. The van der Waals surface area contributed by atoms with Gasteiger partial charge in [-0.05, 0) is 12.5 Å². The maximum Gasteiger partial charge on any atom is 0.275 e. The van der Waals surface area contributed by atoms with Crippen molar-refractivity contribution in [2.45, 2.75) is 20.0 Å². The van der Waals surface area contributed by atoms with Gasteiger partial charge in [0.2, 0.25) is 0 Å². The predicted octanol–water partition coefficient (Wildman–Crippen LogP) is -0.405. The average molecular weight is 339 g/mol. The van der Waals surface area contributed by atoms with Crippen molar-refractivity contribution in [3.8, 4) is 0 Å². The lowest BCUT2D eigenvalue weighted by Gasteiger charge is -2.29. The van der Waals surface area contributed by atoms with Crippen molar-refractivity contribution in [2.75, 3.05) is 32.7 Å². The molecule has 132 valence electrons. The molecule has 1 heterocycles. The van der Waals surface area contributed by atoms with Gasteiger partial charge in [0.05, 0.1) is 0 Å². The van der Waals surface area contributed by atoms with E-state index in [1.54, 1.807) is 4.90 Å². The van der Waals surface area contributed by atoms with Crippen LogP contribution in [0.5, 0.6) is 0 Å². The highest BCUT2D eigenvalue weighted by Crippen LogP contribution is 2.02. The minimum absolute atomic E-state index is 0.154. The summed E-state index contributed by atoms with van der Waals surface area (Å²) in [6, 6.07) is 18.9. The number of hydrogen-bond acceptors (Lipinski definition) is 1. The summed E-state index contributed by atoms with van der Waals surface area (Å²) in [7, 11) is 0. The number of amides is 1. The SMILES string of the molecule is Cc1cccc(C[NH+]2CC[NH+](CC(=O)NCc3ccccc3)CC2)c1. The van der Waals surface area contributed by atoms with Crippen LogP contribution in [0.1, 0.15) is 16.7 Å². The Bertz CT molecular complexity index is 679. The van der Waals surface area contributed by atoms with Gasteiger partial charge in [-0.15, -0.1) is 0 Å². The highest BCUT2D eigenvalue weighted by Gasteiger charge is 2.24. The van der Waals surface area contributed by atoms with Crippen molar-refractivity contribution in [3.05, 3.63) is 71.3 Å². The van der Waals surface area contributed by atoms with Gasteiger partial charge >= 0.3 is 0 Å². The molecule has 3 rings (SSSR count). The second-order valence-electron chi connectivity index (χ2n) is 7.10. The number of carbonyl (C=O) groups is 1. The first-order chi connectivity index (χ1) is 12.2. The summed E-state index contributed by atoms with van der Waals surface area (Å²) in [5.74, 6) is 0.154. The Kier molecular flexibility index (Phi) is 6.20. The molecule has 0 saturated carbocycles. The molecule has 0 spiro atoms. The lowest BCUT2D eigenvalue weighted by Crippen LogP contribution is -3.28. The Labute approximate surface area is 150 Å². The lowest BCUT2D eigenvalue weighted by molar-refractivity contribution is -1.02. The first kappa shape index (κ1) is 17.6. The Morgan fingerprint density at radius 1 is 0.920 bits per heavy atom. The zero-order valence-corrected chi connectivity index (χ0v) is 15.1. The van der Waals surface area contributed by atoms with Crippen LogP contribution in [-0.2, 0) is 17.9 Å². The van der Waals surface area contributed by atoms with Gasteiger partial charge in [0.15, 0.2) is 6.54 Å². The molecule has 4 heteroatoms. The lowest BCUT2D eigenvalue weighted by atomic mass is 10.1. The van der Waals surface area contributed by atoms with Crippen molar-refractivity contribution in [1.82, 2.24) is 5.32 Å². The monoisotopic (exact) mass is 339 g/mol. The number of carbonyl (C=O) groups excluding carboxylic acids is 1. The summed E-state index contributed by atoms with van der Waals surface area (Å²) in [4.78, 5) is 15.2. The van der Waals surface area contributed by atoms with E-state index >= 15 is 0 Å². The second-order valence-corrected chi connectivity index (χ2v) is 7.10. The summed E-state index contributed by atoms with van der Waals surface area (Å²) < 4.78 is 0. The van der Waals surface area contributed by atoms with E-state index in [2.05, 4.69) is 36.5 Å². The highest BCUT2D eigenvalue weighted by molar-refractivity contribution is 5.76. The number of quaternary nitrogens is 2. The zero-order chi connectivity index (χ0) is 17.5. The normalized spacial score (nSPS) is 20.2. The molecule has 1 amide bonds. The maximum atomic E-state index is 12.2. The van der Waals surface area contributed by atoms with Gasteiger partial charge in [0.25, 0.3) is 5.91 Å². The van der Waals surface area contributed by atoms with Gasteiger partial charge in [-0.2, -0.15) is 0 Å². The van der Waals surface area contributed by atoms with E-state index in [1.165, 1.54) is 16.0 Å². The van der Waals surface area contributed by atoms with E-state index in [4.69, 9.17) is 0 Å². The Morgan fingerprint density at radius 2 is 1.60 bits per heavy atom. The van der Waals surface area contributed by atoms with Gasteiger partial charge in [-0.3, -0.25) is 4.79 Å². The summed E-state index contributed by atoms with van der Waals surface area (Å²) in [6.07, 6.45) is 0. The Hall–Kier alpha value is -2.17. The van der Waals surface area contributed by atoms with Crippen LogP contribution in [-0.4, -0.2) is 38.6 Å². The second kappa shape index (κ2) is 8.79. The molecule has 3 N–H and O–H groups in total. The number of rotatable bonds is 6. The molecule has 0 atom stereocenters. The molecule has 1 aliphatic rings. The molecule has 0 bridgehead atoms. The van der Waals surface area contributed by atoms with Crippen molar-refractivity contribution in [1.29, 1.82) is 0 Å². The van der Waals surface area contributed by atoms with Crippen LogP contribution in [0.2, 0.25) is 0 Å². The third-order valence-electron chi connectivity index (χ3n) is 4.94. The van der Waals surface area contributed by atoms with Gasteiger partial charge < -0.3 is 15.1 Å². The van der Waals surface area contributed by atoms with Gasteiger partial charge in [0, 0.05) is 12.1 Å². The molecule has 1 fully saturated rings. The fourth-order valence-electron chi connectivity index (χ4n) is 3.51. The molecule has 0 aliphatic carbocycles. The number of aryl methyl sites for hydroxylation is 1. The van der Waals surface area contributed by atoms with Gasteiger partial charge in [-0.1, -0.05) is 60.2 Å². The van der Waals surface area contributed by atoms with Crippen molar-refractivity contribution >= 4 is 5.91 Å². The maximum absolute atomic E-state index is 12.2. The fourth-order valence-corrected chi connectivity index (χ4v) is 3.51. The van der Waals surface area contributed by atoms with E-state index in [0.29, 0.717) is 13.1 Å². The standard InChI is InChI=1S/C21H27N3O/c1-18-6-5-9-20(14-18)16-23-10-12-24(13-11-23)17-21(25)22-15-19-7-3-2-4-8-19/h2-9,14H,10-13,15-17H2,1H3,(H,22,25)/p+2. The van der Waals surface area contributed by atoms with Crippen LogP contribution in [0.25, 0.3) is 0 Å². The third-order valence-corrected chi connectivity index (χ3v) is 4.94. The van der Waals surface area contributed by atoms with Crippen molar-refractivity contribution in [2.24, 2.45) is 0 Å². The van der Waals surface area contributed by atoms with E-state index in [0.717, 1.165) is 38.3 Å². The molecule has 1 aliphatic heterocycles. The Balaban J connectivity index is 1.38. The summed E-state index contributed by atoms with van der Waals surface area (Å²) >= 11 is 0. The summed E-state index contributed by atoms with van der Waals surface area (Å²) in [5.41, 5.74) is 3.90. The first-order valence-electron chi connectivity index (χ1n) is 9.22. The molecular weight excluding hydrogens is 310 g/mol. The first-order valence-corrected chi connectivity index (χ1v) is 9.22. The highest BCUT2D eigenvalue weighted by atomic mass is 16.2. The van der Waals surface area contributed by atoms with E-state index in [9.17, 15) is 4.79 Å². The van der Waals surface area contributed by atoms with Crippen LogP contribution in [0.15, 0.2) is 54.6 Å². The van der Waals surface area contributed by atoms with Crippen molar-refractivity contribution < 1.29 is 14.6 Å². The van der Waals surface area contributed by atoms with E-state index in [1.807, 2.05) is 30.3 Å². The molecule has 1 saturated heterocycles. The van der Waals surface area contributed by atoms with Gasteiger partial charge in [-0.25, -0.2) is 0 Å². The number of piperazine rings is 1. The molecule has 2 aromatic carbocycles. The average Bonchev–Trinajstić information content (AvgIpc) is 2.63. The summed E-state index contributed by atoms with van der Waals surface area (Å²) in [5, 5.41) is 3.04. The van der Waals surface area contributed by atoms with Crippen LogP contribution >= 0.6 is 0 Å². The minimum Gasteiger partial charge on any atom is -0.347 e. The van der Waals surface area contributed by atoms with Crippen molar-refractivity contribution in [3.63, 3.8) is 0 Å². The number of hydrogen-bond donors (Lipinski definition) is 3. The van der Waals surface area contributed by atoms with Crippen LogP contribution in [0.4, 0.5) is 0 Å². The molecule has 0 radical (unpaired) electrons. The molecule has 2 aromatic rings. The fraction of sp³-hybridized carbons (Fsp3) is 0.381. The molecular formula is C21H29N3O+2. The molecule has 0 aromatic heterocycles. The Morgan fingerprint density at radius 3 is 2.32 bits per heavy atom. The molecule has 25 heavy (non-hydrogen) atoms. The zero-order valence-electron chi connectivity index (χ0n) is 15.1. The van der Waals surface area contributed by atoms with E-state index in [-0.39, 0.29) is 5.91 Å². The van der Waals surface area contributed by atoms with Crippen LogP contribution < -0.4 is 15.1 Å². The molecule has 4 nitrogen and oxygen atoms in total. The topological polar surface area (TPSA) is 38.0 Å². The van der Waals surface area contributed by atoms with E-state index < -0.39 is 0 Å². The smallest absolute Gasteiger partial charge is 0.275 e. The third kappa shape index (κ3) is 5.69. The summed E-state index contributed by atoms with van der Waals surface area (Å²) in [6.45, 7) is 8.86.